The zero-order chi connectivity index (χ0) is 27.9. The molecule has 3 atom stereocenters. The number of benzene rings is 1. The molecular weight excluding hydrogens is 523 g/mol. The Kier molecular flexibility index (Phi) is 9.50. The van der Waals surface area contributed by atoms with Crippen LogP contribution >= 0.6 is 0 Å². The van der Waals surface area contributed by atoms with Crippen molar-refractivity contribution >= 4 is 23.1 Å². The van der Waals surface area contributed by atoms with Crippen molar-refractivity contribution in [2.45, 2.75) is 55.5 Å². The van der Waals surface area contributed by atoms with Crippen LogP contribution in [-0.4, -0.2) is 64.0 Å². The summed E-state index contributed by atoms with van der Waals surface area (Å²) in [5, 5.41) is 0. The standard InChI is InChI=1S/C25H30F3N5O4S/c1-5-23(31-16-29-2)32-38(34,35)20-10-12-24(30-15-20)36-22-11-9-18(14-21(22)33(3)4)17-7-6-8-19(13-17)37-25(26,27)28/h5-8,10,12-13,15-16,18,21-22,32H,2,9,11,14H2,1,3-4H3/b23-5+,31-16?/t18-,21-,22-/m0/s1. The number of allylic oxidation sites excluding steroid dienone is 1. The third-order valence-corrected chi connectivity index (χ3v) is 7.40. The lowest BCUT2D eigenvalue weighted by Gasteiger charge is -2.39. The van der Waals surface area contributed by atoms with Crippen LogP contribution in [0, 0.1) is 0 Å². The number of alkyl halides is 3. The molecule has 1 heterocycles. The maximum Gasteiger partial charge on any atom is 0.573 e. The number of ether oxygens (including phenoxy) is 2. The summed E-state index contributed by atoms with van der Waals surface area (Å²) in [4.78, 5) is 13.4. The van der Waals surface area contributed by atoms with Crippen molar-refractivity contribution in [1.82, 2.24) is 14.6 Å². The van der Waals surface area contributed by atoms with Gasteiger partial charge in [-0.15, -0.1) is 13.2 Å². The summed E-state index contributed by atoms with van der Waals surface area (Å²) in [5.41, 5.74) is 0.769. The molecule has 0 saturated heterocycles. The van der Waals surface area contributed by atoms with Gasteiger partial charge in [0.2, 0.25) is 5.88 Å². The molecule has 206 valence electrons. The number of pyridine rings is 1. The van der Waals surface area contributed by atoms with Crippen LogP contribution in [0.2, 0.25) is 0 Å². The summed E-state index contributed by atoms with van der Waals surface area (Å²) in [6.45, 7) is 4.88. The number of nitrogens with zero attached hydrogens (tertiary/aromatic N) is 4. The second-order valence-corrected chi connectivity index (χ2v) is 10.5. The minimum atomic E-state index is -4.75. The molecule has 0 bridgehead atoms. The fourth-order valence-corrected chi connectivity index (χ4v) is 5.28. The molecular formula is C25H30F3N5O4S. The van der Waals surface area contributed by atoms with Gasteiger partial charge in [-0.1, -0.05) is 12.1 Å². The van der Waals surface area contributed by atoms with Crippen molar-refractivity contribution in [3.63, 3.8) is 0 Å². The van der Waals surface area contributed by atoms with Gasteiger partial charge in [-0.05, 0) is 82.8 Å². The van der Waals surface area contributed by atoms with Gasteiger partial charge in [-0.2, -0.15) is 0 Å². The van der Waals surface area contributed by atoms with Gasteiger partial charge in [0.1, 0.15) is 28.9 Å². The first-order valence-corrected chi connectivity index (χ1v) is 13.2. The number of aromatic nitrogens is 1. The average molecular weight is 554 g/mol. The number of sulfonamides is 1. The highest BCUT2D eigenvalue weighted by atomic mass is 32.2. The van der Waals surface area contributed by atoms with Gasteiger partial charge in [0.05, 0.1) is 6.20 Å². The molecule has 0 unspecified atom stereocenters. The number of nitrogens with one attached hydrogen (secondary N) is 1. The van der Waals surface area contributed by atoms with Gasteiger partial charge in [0.25, 0.3) is 10.0 Å². The first kappa shape index (κ1) is 29.1. The van der Waals surface area contributed by atoms with Gasteiger partial charge < -0.3 is 14.4 Å². The molecule has 1 N–H and O–H groups in total. The molecule has 0 spiro atoms. The lowest BCUT2D eigenvalue weighted by Crippen LogP contribution is -2.46. The summed E-state index contributed by atoms with van der Waals surface area (Å²) in [7, 11) is -0.115. The quantitative estimate of drug-likeness (QED) is 0.343. The third kappa shape index (κ3) is 8.02. The van der Waals surface area contributed by atoms with Crippen molar-refractivity contribution < 1.29 is 31.1 Å². The highest BCUT2D eigenvalue weighted by molar-refractivity contribution is 7.89. The second kappa shape index (κ2) is 12.4. The molecule has 0 radical (unpaired) electrons. The maximum atomic E-state index is 12.6. The van der Waals surface area contributed by atoms with Crippen molar-refractivity contribution in [2.75, 3.05) is 14.1 Å². The van der Waals surface area contributed by atoms with Gasteiger partial charge in [0.15, 0.2) is 0 Å². The van der Waals surface area contributed by atoms with E-state index in [4.69, 9.17) is 4.74 Å². The number of hydrogen-bond donors (Lipinski definition) is 1. The Morgan fingerprint density at radius 2 is 2.00 bits per heavy atom. The Hall–Kier alpha value is -3.45. The van der Waals surface area contributed by atoms with Crippen molar-refractivity contribution in [1.29, 1.82) is 0 Å². The molecule has 3 rings (SSSR count). The SMILES string of the molecule is C=NC=N/C(=C\C)NS(=O)(=O)c1ccc(O[C@H]2CC[C@H](c3cccc(OC(F)(F)F)c3)C[C@@H]2N(C)C)nc1. The van der Waals surface area contributed by atoms with E-state index in [1.165, 1.54) is 36.5 Å². The third-order valence-electron chi connectivity index (χ3n) is 6.06. The number of hydrogen-bond acceptors (Lipinski definition) is 7. The largest absolute Gasteiger partial charge is 0.573 e. The highest BCUT2D eigenvalue weighted by Crippen LogP contribution is 2.38. The van der Waals surface area contributed by atoms with E-state index in [-0.39, 0.29) is 40.4 Å². The van der Waals surface area contributed by atoms with Crippen LogP contribution in [0.1, 0.15) is 37.7 Å². The van der Waals surface area contributed by atoms with Crippen LogP contribution in [-0.2, 0) is 10.0 Å². The molecule has 1 aliphatic rings. The van der Waals surface area contributed by atoms with E-state index in [1.807, 2.05) is 19.0 Å². The van der Waals surface area contributed by atoms with E-state index in [2.05, 4.69) is 31.1 Å². The predicted octanol–water partition coefficient (Wildman–Crippen LogP) is 4.49. The Morgan fingerprint density at radius 1 is 1.24 bits per heavy atom. The van der Waals surface area contributed by atoms with Crippen LogP contribution in [0.15, 0.2) is 69.4 Å². The van der Waals surface area contributed by atoms with Crippen molar-refractivity contribution in [3.8, 4) is 11.6 Å². The van der Waals surface area contributed by atoms with E-state index in [9.17, 15) is 21.6 Å². The summed E-state index contributed by atoms with van der Waals surface area (Å²) in [6.07, 6.45) is 0.754. The normalized spacial score (nSPS) is 20.9. The highest BCUT2D eigenvalue weighted by Gasteiger charge is 2.35. The van der Waals surface area contributed by atoms with E-state index < -0.39 is 16.4 Å². The fourth-order valence-electron chi connectivity index (χ4n) is 4.28. The Balaban J connectivity index is 1.69. The summed E-state index contributed by atoms with van der Waals surface area (Å²) in [6, 6.07) is 8.88. The maximum absolute atomic E-state index is 12.6. The number of rotatable bonds is 10. The molecule has 1 fully saturated rings. The van der Waals surface area contributed by atoms with Crippen molar-refractivity contribution in [3.05, 3.63) is 60.1 Å². The molecule has 38 heavy (non-hydrogen) atoms. The number of aliphatic imine (C=N–C) groups is 2. The monoisotopic (exact) mass is 553 g/mol. The summed E-state index contributed by atoms with van der Waals surface area (Å²) >= 11 is 0. The van der Waals surface area contributed by atoms with Gasteiger partial charge >= 0.3 is 6.36 Å². The van der Waals surface area contributed by atoms with E-state index in [0.717, 1.165) is 11.9 Å². The second-order valence-electron chi connectivity index (χ2n) is 8.86. The number of likely N-dealkylation sites (N-methyl/N-ethyl adjacent to an activating group) is 1. The van der Waals surface area contributed by atoms with Gasteiger partial charge in [-0.25, -0.2) is 18.4 Å². The lowest BCUT2D eigenvalue weighted by atomic mass is 9.79. The summed E-state index contributed by atoms with van der Waals surface area (Å²) in [5.74, 6) is 0.123. The first-order chi connectivity index (χ1) is 17.9. The van der Waals surface area contributed by atoms with Crippen LogP contribution in [0.5, 0.6) is 11.6 Å². The topological polar surface area (TPSA) is 105 Å². The molecule has 1 saturated carbocycles. The molecule has 2 aromatic rings. The Bertz CT molecular complexity index is 1260. The summed E-state index contributed by atoms with van der Waals surface area (Å²) < 4.78 is 75.8. The molecule has 0 aliphatic heterocycles. The number of halogens is 3. The van der Waals surface area contributed by atoms with Crippen LogP contribution in [0.25, 0.3) is 0 Å². The van der Waals surface area contributed by atoms with Crippen LogP contribution in [0.3, 0.4) is 0 Å². The van der Waals surface area contributed by atoms with Gasteiger partial charge in [-0.3, -0.25) is 9.71 Å². The minimum Gasteiger partial charge on any atom is -0.473 e. The molecule has 13 heteroatoms. The fraction of sp³-hybridized carbons (Fsp3) is 0.400. The van der Waals surface area contributed by atoms with E-state index in [0.29, 0.717) is 19.3 Å². The van der Waals surface area contributed by atoms with Crippen molar-refractivity contribution in [2.24, 2.45) is 9.98 Å². The Labute approximate surface area is 220 Å². The van der Waals surface area contributed by atoms with Crippen LogP contribution in [0.4, 0.5) is 13.2 Å². The molecule has 1 aromatic carbocycles. The zero-order valence-corrected chi connectivity index (χ0v) is 22.0. The molecule has 1 aliphatic carbocycles. The molecule has 1 aromatic heterocycles. The van der Waals surface area contributed by atoms with E-state index in [1.54, 1.807) is 19.1 Å². The van der Waals surface area contributed by atoms with Gasteiger partial charge in [0, 0.05) is 12.1 Å². The Morgan fingerprint density at radius 3 is 2.61 bits per heavy atom. The van der Waals surface area contributed by atoms with E-state index >= 15 is 0 Å². The lowest BCUT2D eigenvalue weighted by molar-refractivity contribution is -0.274. The average Bonchev–Trinajstić information content (AvgIpc) is 2.86. The smallest absolute Gasteiger partial charge is 0.473 e. The minimum absolute atomic E-state index is 0.0188. The van der Waals surface area contributed by atoms with Crippen LogP contribution < -0.4 is 14.2 Å². The predicted molar refractivity (Wildman–Crippen MR) is 138 cm³/mol. The molecule has 9 nitrogen and oxygen atoms in total. The zero-order valence-electron chi connectivity index (χ0n) is 21.2. The molecule has 0 amide bonds. The first-order valence-electron chi connectivity index (χ1n) is 11.7.